The number of ether oxygens (including phenoxy) is 3. The van der Waals surface area contributed by atoms with E-state index in [4.69, 9.17) is 14.2 Å². The number of nitrogens with zero attached hydrogens (tertiary/aromatic N) is 2. The number of Topliss-reactive ketones (excluding diaryl/α,β-unsaturated/α-hetero) is 1. The van der Waals surface area contributed by atoms with E-state index in [0.29, 0.717) is 11.9 Å². The first-order valence-electron chi connectivity index (χ1n) is 8.35. The monoisotopic (exact) mass is 324 g/mol. The molecule has 3 rings (SSSR count). The van der Waals surface area contributed by atoms with Crippen molar-refractivity contribution in [1.29, 1.82) is 0 Å². The zero-order chi connectivity index (χ0) is 16.2. The van der Waals surface area contributed by atoms with Crippen LogP contribution in [-0.2, 0) is 23.8 Å². The first-order valence-corrected chi connectivity index (χ1v) is 8.35. The molecule has 2 saturated heterocycles. The van der Waals surface area contributed by atoms with E-state index in [1.54, 1.807) is 6.92 Å². The van der Waals surface area contributed by atoms with Gasteiger partial charge in [-0.15, -0.1) is 0 Å². The average molecular weight is 324 g/mol. The highest BCUT2D eigenvalue weighted by molar-refractivity contribution is 6.19. The molecule has 23 heavy (non-hydrogen) atoms. The fourth-order valence-electron chi connectivity index (χ4n) is 3.43. The number of rotatable bonds is 4. The fourth-order valence-corrected chi connectivity index (χ4v) is 3.43. The molecule has 3 aliphatic heterocycles. The molecule has 0 aliphatic carbocycles. The van der Waals surface area contributed by atoms with Crippen LogP contribution in [0.25, 0.3) is 0 Å². The van der Waals surface area contributed by atoms with Crippen LogP contribution >= 0.6 is 0 Å². The second-order valence-corrected chi connectivity index (χ2v) is 5.98. The molecule has 0 radical (unpaired) electrons. The molecule has 3 aliphatic rings. The van der Waals surface area contributed by atoms with Crippen molar-refractivity contribution in [3.8, 4) is 0 Å². The second-order valence-electron chi connectivity index (χ2n) is 5.98. The molecule has 0 amide bonds. The number of esters is 1. The van der Waals surface area contributed by atoms with Crippen LogP contribution in [0.1, 0.15) is 19.8 Å². The maximum Gasteiger partial charge on any atom is 0.347 e. The lowest BCUT2D eigenvalue weighted by Gasteiger charge is -2.40. The SMILES string of the molecule is CCOC(=O)C1=C(N2CCC(N3CCOCC3)CC2)OCC1=O. The summed E-state index contributed by atoms with van der Waals surface area (Å²) in [5, 5.41) is 0. The van der Waals surface area contributed by atoms with E-state index >= 15 is 0 Å². The maximum atomic E-state index is 12.0. The fraction of sp³-hybridized carbons (Fsp3) is 0.750. The summed E-state index contributed by atoms with van der Waals surface area (Å²) in [5.41, 5.74) is 0.0803. The van der Waals surface area contributed by atoms with Gasteiger partial charge in [0, 0.05) is 32.2 Å². The second kappa shape index (κ2) is 7.31. The Morgan fingerprint density at radius 2 is 1.91 bits per heavy atom. The zero-order valence-electron chi connectivity index (χ0n) is 13.6. The van der Waals surface area contributed by atoms with E-state index in [1.165, 1.54) is 0 Å². The Labute approximate surface area is 136 Å². The molecule has 7 nitrogen and oxygen atoms in total. The van der Waals surface area contributed by atoms with E-state index in [9.17, 15) is 9.59 Å². The number of piperidine rings is 1. The molecule has 0 N–H and O–H groups in total. The van der Waals surface area contributed by atoms with Crippen LogP contribution in [0.5, 0.6) is 0 Å². The molecule has 2 fully saturated rings. The Morgan fingerprint density at radius 3 is 2.57 bits per heavy atom. The van der Waals surface area contributed by atoms with Gasteiger partial charge in [-0.1, -0.05) is 0 Å². The highest BCUT2D eigenvalue weighted by Crippen LogP contribution is 2.26. The van der Waals surface area contributed by atoms with Gasteiger partial charge in [0.1, 0.15) is 0 Å². The minimum absolute atomic E-state index is 0.0626. The highest BCUT2D eigenvalue weighted by atomic mass is 16.5. The van der Waals surface area contributed by atoms with Crippen molar-refractivity contribution < 1.29 is 23.8 Å². The Hall–Kier alpha value is -1.60. The number of carbonyl (C=O) groups excluding carboxylic acids is 2. The first-order chi connectivity index (χ1) is 11.2. The maximum absolute atomic E-state index is 12.0. The van der Waals surface area contributed by atoms with Crippen molar-refractivity contribution in [2.75, 3.05) is 52.6 Å². The number of morpholine rings is 1. The van der Waals surface area contributed by atoms with Crippen LogP contribution in [0.4, 0.5) is 0 Å². The lowest BCUT2D eigenvalue weighted by molar-refractivity contribution is -0.139. The predicted octanol–water partition coefficient (Wildman–Crippen LogP) is 0.157. The van der Waals surface area contributed by atoms with Gasteiger partial charge in [0.2, 0.25) is 11.7 Å². The largest absolute Gasteiger partial charge is 0.470 e. The lowest BCUT2D eigenvalue weighted by atomic mass is 10.0. The summed E-state index contributed by atoms with van der Waals surface area (Å²) in [5.74, 6) is -0.442. The van der Waals surface area contributed by atoms with Gasteiger partial charge in [-0.3, -0.25) is 9.69 Å². The molecule has 0 aromatic heterocycles. The molecule has 0 aromatic rings. The van der Waals surface area contributed by atoms with Gasteiger partial charge in [0.05, 0.1) is 19.8 Å². The number of carbonyl (C=O) groups is 2. The van der Waals surface area contributed by atoms with Gasteiger partial charge in [0.25, 0.3) is 0 Å². The minimum Gasteiger partial charge on any atom is -0.470 e. The zero-order valence-corrected chi connectivity index (χ0v) is 13.6. The summed E-state index contributed by atoms with van der Waals surface area (Å²) in [4.78, 5) is 28.4. The van der Waals surface area contributed by atoms with Crippen LogP contribution in [0.15, 0.2) is 11.5 Å². The molecular weight excluding hydrogens is 300 g/mol. The Kier molecular flexibility index (Phi) is 5.17. The van der Waals surface area contributed by atoms with E-state index < -0.39 is 5.97 Å². The van der Waals surface area contributed by atoms with Crippen molar-refractivity contribution in [2.24, 2.45) is 0 Å². The minimum atomic E-state index is -0.569. The summed E-state index contributed by atoms with van der Waals surface area (Å²) in [7, 11) is 0. The highest BCUT2D eigenvalue weighted by Gasteiger charge is 2.37. The molecule has 0 spiro atoms. The Bertz CT molecular complexity index is 491. The average Bonchev–Trinajstić information content (AvgIpc) is 2.98. The summed E-state index contributed by atoms with van der Waals surface area (Å²) in [6, 6.07) is 0.541. The van der Waals surface area contributed by atoms with Gasteiger partial charge < -0.3 is 19.1 Å². The number of hydrogen-bond donors (Lipinski definition) is 0. The first kappa shape index (κ1) is 16.3. The Morgan fingerprint density at radius 1 is 1.22 bits per heavy atom. The molecule has 128 valence electrons. The molecular formula is C16H24N2O5. The third-order valence-electron chi connectivity index (χ3n) is 4.63. The van der Waals surface area contributed by atoms with Gasteiger partial charge >= 0.3 is 5.97 Å². The van der Waals surface area contributed by atoms with Crippen LogP contribution in [0.2, 0.25) is 0 Å². The normalized spacial score (nSPS) is 24.0. The summed E-state index contributed by atoms with van der Waals surface area (Å²) in [6.07, 6.45) is 1.99. The number of hydrogen-bond acceptors (Lipinski definition) is 7. The van der Waals surface area contributed by atoms with Crippen LogP contribution in [0, 0.1) is 0 Å². The van der Waals surface area contributed by atoms with E-state index in [0.717, 1.165) is 52.2 Å². The van der Waals surface area contributed by atoms with Crippen molar-refractivity contribution in [2.45, 2.75) is 25.8 Å². The number of likely N-dealkylation sites (tertiary alicyclic amines) is 1. The van der Waals surface area contributed by atoms with Gasteiger partial charge in [-0.25, -0.2) is 4.79 Å². The molecule has 3 heterocycles. The predicted molar refractivity (Wildman–Crippen MR) is 81.6 cm³/mol. The molecule has 7 heteroatoms. The number of ketones is 1. The van der Waals surface area contributed by atoms with Crippen molar-refractivity contribution in [1.82, 2.24) is 9.80 Å². The van der Waals surface area contributed by atoms with Gasteiger partial charge in [-0.05, 0) is 19.8 Å². The standard InChI is InChI=1S/C16H24N2O5/c1-2-22-16(20)14-13(19)11-23-15(14)18-5-3-12(4-6-18)17-7-9-21-10-8-17/h12H,2-11H2,1H3. The lowest BCUT2D eigenvalue weighted by Crippen LogP contribution is -2.49. The van der Waals surface area contributed by atoms with E-state index in [1.807, 2.05) is 4.90 Å². The smallest absolute Gasteiger partial charge is 0.347 e. The molecule has 0 bridgehead atoms. The van der Waals surface area contributed by atoms with Crippen molar-refractivity contribution >= 4 is 11.8 Å². The Balaban J connectivity index is 1.63. The summed E-state index contributed by atoms with van der Waals surface area (Å²) < 4.78 is 15.9. The quantitative estimate of drug-likeness (QED) is 0.539. The van der Waals surface area contributed by atoms with Gasteiger partial charge in [0.15, 0.2) is 12.2 Å². The van der Waals surface area contributed by atoms with E-state index in [-0.39, 0.29) is 24.6 Å². The van der Waals surface area contributed by atoms with Crippen molar-refractivity contribution in [3.63, 3.8) is 0 Å². The third-order valence-corrected chi connectivity index (χ3v) is 4.63. The van der Waals surface area contributed by atoms with Gasteiger partial charge in [-0.2, -0.15) is 0 Å². The van der Waals surface area contributed by atoms with Crippen LogP contribution in [-0.4, -0.2) is 80.2 Å². The van der Waals surface area contributed by atoms with Crippen LogP contribution < -0.4 is 0 Å². The molecule has 0 atom stereocenters. The molecule has 0 saturated carbocycles. The summed E-state index contributed by atoms with van der Waals surface area (Å²) >= 11 is 0. The van der Waals surface area contributed by atoms with E-state index in [2.05, 4.69) is 4.90 Å². The molecule has 0 aromatic carbocycles. The topological polar surface area (TPSA) is 68.3 Å². The third kappa shape index (κ3) is 3.50. The van der Waals surface area contributed by atoms with Crippen LogP contribution in [0.3, 0.4) is 0 Å². The molecule has 0 unspecified atom stereocenters. The van der Waals surface area contributed by atoms with Crippen molar-refractivity contribution in [3.05, 3.63) is 11.5 Å². The summed E-state index contributed by atoms with van der Waals surface area (Å²) in [6.45, 7) is 7.06.